The molecule has 0 aliphatic rings. The molecule has 1 atom stereocenters. The molecule has 14 heteroatoms. The molecule has 0 radical (unpaired) electrons. The molecule has 0 aliphatic carbocycles. The predicted molar refractivity (Wildman–Crippen MR) is 116 cm³/mol. The molecule has 0 bridgehead atoms. The summed E-state index contributed by atoms with van der Waals surface area (Å²) < 4.78 is 57.4. The van der Waals surface area contributed by atoms with Crippen molar-refractivity contribution in [2.75, 3.05) is 19.6 Å². The Labute approximate surface area is 192 Å². The van der Waals surface area contributed by atoms with Crippen molar-refractivity contribution in [3.63, 3.8) is 0 Å². The molecule has 0 spiro atoms. The normalized spacial score (nSPS) is 13.0. The lowest BCUT2D eigenvalue weighted by Gasteiger charge is -2.25. The van der Waals surface area contributed by atoms with Crippen molar-refractivity contribution < 1.29 is 22.2 Å². The maximum absolute atomic E-state index is 13.4. The van der Waals surface area contributed by atoms with Gasteiger partial charge in [-0.1, -0.05) is 11.6 Å². The molecule has 33 heavy (non-hydrogen) atoms. The Hall–Kier alpha value is -3.06. The van der Waals surface area contributed by atoms with E-state index in [9.17, 15) is 22.2 Å². The second-order valence-electron chi connectivity index (χ2n) is 7.32. The Morgan fingerprint density at radius 3 is 2.48 bits per heavy atom. The molecule has 3 rings (SSSR count). The quantitative estimate of drug-likeness (QED) is 0.490. The van der Waals surface area contributed by atoms with E-state index in [-0.39, 0.29) is 11.0 Å². The summed E-state index contributed by atoms with van der Waals surface area (Å²) in [5.74, 6) is -0.334. The lowest BCUT2D eigenvalue weighted by Crippen LogP contribution is -2.33. The highest BCUT2D eigenvalue weighted by atomic mass is 35.5. The van der Waals surface area contributed by atoms with E-state index in [1.165, 1.54) is 36.8 Å². The summed E-state index contributed by atoms with van der Waals surface area (Å²) in [6, 6.07) is 3.25. The fraction of sp³-hybridized carbons (Fsp3) is 0.316. The van der Waals surface area contributed by atoms with Crippen molar-refractivity contribution in [2.45, 2.75) is 19.1 Å². The fourth-order valence-corrected chi connectivity index (χ4v) is 3.67. The number of aromatic nitrogens is 5. The third-order valence-electron chi connectivity index (χ3n) is 4.53. The third kappa shape index (κ3) is 5.66. The molecule has 0 aliphatic heterocycles. The molecule has 3 aromatic heterocycles. The summed E-state index contributed by atoms with van der Waals surface area (Å²) in [4.78, 5) is 25.9. The minimum Gasteiger partial charge on any atom is -0.332 e. The molecule has 9 nitrogen and oxygen atoms in total. The Morgan fingerprint density at radius 1 is 1.21 bits per heavy atom. The van der Waals surface area contributed by atoms with Crippen LogP contribution in [0, 0.1) is 0 Å². The number of carbonyl (C=O) groups is 1. The number of carbonyl (C=O) groups excluding carboxylic acids is 1. The minimum atomic E-state index is -4.79. The van der Waals surface area contributed by atoms with E-state index < -0.39 is 39.0 Å². The van der Waals surface area contributed by atoms with E-state index in [2.05, 4.69) is 24.4 Å². The smallest absolute Gasteiger partial charge is 0.332 e. The van der Waals surface area contributed by atoms with Crippen molar-refractivity contribution in [1.82, 2.24) is 29.6 Å². The van der Waals surface area contributed by atoms with Crippen LogP contribution in [0.3, 0.4) is 0 Å². The molecule has 0 fully saturated rings. The van der Waals surface area contributed by atoms with Gasteiger partial charge in [-0.25, -0.2) is 19.2 Å². The predicted octanol–water partition coefficient (Wildman–Crippen LogP) is 3.92. The zero-order chi connectivity index (χ0) is 24.6. The van der Waals surface area contributed by atoms with Crippen molar-refractivity contribution in [3.05, 3.63) is 59.0 Å². The SMILES string of the molecule is C[C@@H](c1ncnn1-c1ccc(N=S(C)(C)=O)cn1)N(C)C(=O)c1cc(Cl)ncc1C(F)(F)F. The van der Waals surface area contributed by atoms with Crippen molar-refractivity contribution in [3.8, 4) is 5.82 Å². The number of hydrogen-bond acceptors (Lipinski definition) is 7. The second-order valence-corrected chi connectivity index (χ2v) is 10.3. The average Bonchev–Trinajstić information content (AvgIpc) is 3.20. The van der Waals surface area contributed by atoms with Crippen LogP contribution in [0.5, 0.6) is 0 Å². The van der Waals surface area contributed by atoms with Gasteiger partial charge in [0.05, 0.1) is 29.1 Å². The first-order valence-corrected chi connectivity index (χ1v) is 12.0. The Balaban J connectivity index is 1.93. The molecule has 0 saturated heterocycles. The first-order chi connectivity index (χ1) is 15.3. The molecule has 0 N–H and O–H groups in total. The lowest BCUT2D eigenvalue weighted by molar-refractivity contribution is -0.138. The maximum atomic E-state index is 13.4. The molecule has 1 amide bonds. The molecule has 176 valence electrons. The fourth-order valence-electron chi connectivity index (χ4n) is 2.89. The number of nitrogens with zero attached hydrogens (tertiary/aromatic N) is 7. The highest BCUT2D eigenvalue weighted by molar-refractivity contribution is 7.92. The summed E-state index contributed by atoms with van der Waals surface area (Å²) in [6.07, 6.45) is 1.36. The average molecular weight is 502 g/mol. The molecule has 3 heterocycles. The van der Waals surface area contributed by atoms with E-state index in [0.29, 0.717) is 17.7 Å². The number of pyridine rings is 2. The summed E-state index contributed by atoms with van der Waals surface area (Å²) in [7, 11) is -1.03. The van der Waals surface area contributed by atoms with Crippen molar-refractivity contribution in [2.24, 2.45) is 4.36 Å². The standard InChI is InChI=1S/C19H19ClF3N7O2S/c1-11(29(2)18(31)13-7-15(20)24-9-14(13)19(21,22)23)17-26-10-27-30(17)16-6-5-12(8-25-16)28-33(3,4)32/h5-11H,1-4H3/t11-/m0/s1. The van der Waals surface area contributed by atoms with Gasteiger partial charge < -0.3 is 4.90 Å². The number of amides is 1. The topological polar surface area (TPSA) is 106 Å². The first kappa shape index (κ1) is 24.6. The molecule has 0 saturated carbocycles. The monoisotopic (exact) mass is 501 g/mol. The van der Waals surface area contributed by atoms with Gasteiger partial charge in [-0.2, -0.15) is 27.3 Å². The lowest BCUT2D eigenvalue weighted by atomic mass is 10.1. The van der Waals surface area contributed by atoms with Crippen LogP contribution in [-0.2, 0) is 15.9 Å². The van der Waals surface area contributed by atoms with Crippen molar-refractivity contribution in [1.29, 1.82) is 0 Å². The summed E-state index contributed by atoms with van der Waals surface area (Å²) in [6.45, 7) is 1.58. The summed E-state index contributed by atoms with van der Waals surface area (Å²) in [5, 5.41) is 3.86. The van der Waals surface area contributed by atoms with Crippen LogP contribution in [-0.4, -0.2) is 59.3 Å². The van der Waals surface area contributed by atoms with Crippen molar-refractivity contribution >= 4 is 32.9 Å². The summed E-state index contributed by atoms with van der Waals surface area (Å²) in [5.41, 5.74) is -1.42. The molecule has 3 aromatic rings. The third-order valence-corrected chi connectivity index (χ3v) is 5.39. The van der Waals surface area contributed by atoms with Crippen LogP contribution in [0.2, 0.25) is 5.15 Å². The van der Waals surface area contributed by atoms with Gasteiger partial charge >= 0.3 is 6.18 Å². The van der Waals surface area contributed by atoms with E-state index in [4.69, 9.17) is 11.6 Å². The van der Waals surface area contributed by atoms with E-state index in [1.807, 2.05) is 0 Å². The summed E-state index contributed by atoms with van der Waals surface area (Å²) >= 11 is 5.74. The highest BCUT2D eigenvalue weighted by Gasteiger charge is 2.37. The van der Waals surface area contributed by atoms with Crippen LogP contribution >= 0.6 is 11.6 Å². The van der Waals surface area contributed by atoms with Crippen LogP contribution in [0.15, 0.2) is 41.3 Å². The number of alkyl halides is 3. The number of hydrogen-bond donors (Lipinski definition) is 0. The number of rotatable bonds is 5. The zero-order valence-corrected chi connectivity index (χ0v) is 19.5. The van der Waals surface area contributed by atoms with Gasteiger partial charge in [0.2, 0.25) is 0 Å². The molecule has 0 aromatic carbocycles. The Kier molecular flexibility index (Phi) is 6.75. The van der Waals surface area contributed by atoms with Gasteiger partial charge in [-0.05, 0) is 25.1 Å². The Bertz CT molecular complexity index is 1290. The van der Waals surface area contributed by atoms with Gasteiger partial charge in [0.1, 0.15) is 11.5 Å². The van der Waals surface area contributed by atoms with Gasteiger partial charge in [-0.3, -0.25) is 4.79 Å². The minimum absolute atomic E-state index is 0.242. The molecule has 0 unspecified atom stereocenters. The van der Waals surface area contributed by atoms with Crippen LogP contribution in [0.4, 0.5) is 18.9 Å². The van der Waals surface area contributed by atoms with E-state index in [1.54, 1.807) is 19.1 Å². The molecular formula is C19H19ClF3N7O2S. The van der Waals surface area contributed by atoms with Gasteiger partial charge in [0.25, 0.3) is 5.91 Å². The zero-order valence-electron chi connectivity index (χ0n) is 17.9. The molecular weight excluding hydrogens is 483 g/mol. The van der Waals surface area contributed by atoms with E-state index >= 15 is 0 Å². The highest BCUT2D eigenvalue weighted by Crippen LogP contribution is 2.34. The first-order valence-electron chi connectivity index (χ1n) is 9.31. The second kappa shape index (κ2) is 9.06. The maximum Gasteiger partial charge on any atom is 0.418 e. The van der Waals surface area contributed by atoms with Gasteiger partial charge in [0, 0.05) is 35.5 Å². The Morgan fingerprint density at radius 2 is 1.91 bits per heavy atom. The van der Waals surface area contributed by atoms with Crippen LogP contribution < -0.4 is 0 Å². The van der Waals surface area contributed by atoms with E-state index in [0.717, 1.165) is 11.0 Å². The van der Waals surface area contributed by atoms with Crippen LogP contribution in [0.1, 0.15) is 34.7 Å². The van der Waals surface area contributed by atoms with Gasteiger partial charge in [0.15, 0.2) is 11.6 Å². The largest absolute Gasteiger partial charge is 0.418 e. The number of halogens is 4. The van der Waals surface area contributed by atoms with Crippen LogP contribution in [0.25, 0.3) is 5.82 Å². The van der Waals surface area contributed by atoms with Gasteiger partial charge in [-0.15, -0.1) is 0 Å².